The lowest BCUT2D eigenvalue weighted by Crippen LogP contribution is -2.31. The van der Waals surface area contributed by atoms with Crippen LogP contribution in [0, 0.1) is 5.82 Å². The van der Waals surface area contributed by atoms with E-state index in [2.05, 4.69) is 21.2 Å². The molecule has 1 fully saturated rings. The lowest BCUT2D eigenvalue weighted by molar-refractivity contribution is -0.113. The number of amides is 1. The molecular weight excluding hydrogens is 391 g/mol. The van der Waals surface area contributed by atoms with E-state index in [1.165, 1.54) is 17.0 Å². The van der Waals surface area contributed by atoms with Crippen LogP contribution in [0.4, 0.5) is 10.1 Å². The Morgan fingerprint density at radius 3 is 2.79 bits per heavy atom. The summed E-state index contributed by atoms with van der Waals surface area (Å²) in [6, 6.07) is 12.2. The maximum Gasteiger partial charge on any atom is 0.281 e. The van der Waals surface area contributed by atoms with Gasteiger partial charge in [-0.25, -0.2) is 4.39 Å². The summed E-state index contributed by atoms with van der Waals surface area (Å²) in [5, 5.41) is 3.18. The molecule has 6 heteroatoms. The van der Waals surface area contributed by atoms with Crippen LogP contribution in [-0.2, 0) is 11.2 Å². The number of carbonyl (C=O) groups excluding carboxylic acids is 1. The highest BCUT2D eigenvalue weighted by atomic mass is 79.9. The van der Waals surface area contributed by atoms with Crippen LogP contribution in [0.25, 0.3) is 6.08 Å². The van der Waals surface area contributed by atoms with Gasteiger partial charge in [-0.05, 0) is 54.5 Å². The average Bonchev–Trinajstić information content (AvgIpc) is 2.84. The quantitative estimate of drug-likeness (QED) is 0.607. The Balaban J connectivity index is 2.00. The minimum atomic E-state index is -0.404. The first-order valence-electron chi connectivity index (χ1n) is 7.41. The van der Waals surface area contributed by atoms with Crippen LogP contribution in [0.5, 0.6) is 0 Å². The van der Waals surface area contributed by atoms with E-state index in [4.69, 9.17) is 12.2 Å². The van der Waals surface area contributed by atoms with Crippen LogP contribution in [0.3, 0.4) is 0 Å². The highest BCUT2D eigenvalue weighted by molar-refractivity contribution is 9.10. The fraction of sp³-hybridized carbons (Fsp3) is 0.111. The molecular formula is C18H14BrFN2OS. The van der Waals surface area contributed by atoms with Gasteiger partial charge in [0.25, 0.3) is 5.91 Å². The molecule has 1 heterocycles. The first-order chi connectivity index (χ1) is 11.5. The number of halogens is 2. The van der Waals surface area contributed by atoms with Crippen LogP contribution in [0.2, 0.25) is 0 Å². The molecule has 1 amide bonds. The number of nitrogens with zero attached hydrogens (tertiary/aromatic N) is 1. The molecule has 1 N–H and O–H groups in total. The predicted octanol–water partition coefficient (Wildman–Crippen LogP) is 4.41. The number of aryl methyl sites for hydroxylation is 1. The van der Waals surface area contributed by atoms with E-state index in [0.717, 1.165) is 22.1 Å². The van der Waals surface area contributed by atoms with E-state index in [9.17, 15) is 9.18 Å². The number of hydrogen-bond donors (Lipinski definition) is 1. The van der Waals surface area contributed by atoms with Gasteiger partial charge in [0, 0.05) is 10.0 Å². The standard InChI is InChI=1S/C18H14BrFN2OS/c1-2-11-5-3-4-6-16(11)22-17(23)15(21-18(22)24)10-12-9-13(19)7-8-14(12)20/h3-10H,2H2,1H3,(H,21,24)/b15-10+. The van der Waals surface area contributed by atoms with Gasteiger partial charge in [-0.15, -0.1) is 0 Å². The van der Waals surface area contributed by atoms with Crippen LogP contribution in [-0.4, -0.2) is 11.0 Å². The van der Waals surface area contributed by atoms with Crippen molar-refractivity contribution in [1.82, 2.24) is 5.32 Å². The van der Waals surface area contributed by atoms with Crippen molar-refractivity contribution in [1.29, 1.82) is 0 Å². The van der Waals surface area contributed by atoms with Crippen molar-refractivity contribution in [3.8, 4) is 0 Å². The smallest absolute Gasteiger partial charge is 0.281 e. The minimum absolute atomic E-state index is 0.253. The van der Waals surface area contributed by atoms with Crippen molar-refractivity contribution in [2.24, 2.45) is 0 Å². The number of nitrogens with one attached hydrogen (secondary N) is 1. The Morgan fingerprint density at radius 2 is 2.04 bits per heavy atom. The maximum absolute atomic E-state index is 13.9. The van der Waals surface area contributed by atoms with E-state index in [-0.39, 0.29) is 11.6 Å². The van der Waals surface area contributed by atoms with Gasteiger partial charge in [-0.1, -0.05) is 41.1 Å². The molecule has 0 radical (unpaired) electrons. The Hall–Kier alpha value is -2.05. The third-order valence-electron chi connectivity index (χ3n) is 3.75. The SMILES string of the molecule is CCc1ccccc1N1C(=O)/C(=C\c2cc(Br)ccc2F)NC1=S. The molecule has 3 rings (SSSR count). The Bertz CT molecular complexity index is 866. The lowest BCUT2D eigenvalue weighted by atomic mass is 10.1. The summed E-state index contributed by atoms with van der Waals surface area (Å²) in [5.41, 5.74) is 2.34. The number of carbonyl (C=O) groups is 1. The zero-order valence-electron chi connectivity index (χ0n) is 12.8. The molecule has 24 heavy (non-hydrogen) atoms. The second-order valence-electron chi connectivity index (χ2n) is 5.28. The lowest BCUT2D eigenvalue weighted by Gasteiger charge is -2.17. The Morgan fingerprint density at radius 1 is 1.29 bits per heavy atom. The van der Waals surface area contributed by atoms with Gasteiger partial charge < -0.3 is 5.32 Å². The van der Waals surface area contributed by atoms with E-state index in [0.29, 0.717) is 10.7 Å². The van der Waals surface area contributed by atoms with Crippen LogP contribution < -0.4 is 10.2 Å². The largest absolute Gasteiger partial charge is 0.327 e. The topological polar surface area (TPSA) is 32.3 Å². The second kappa shape index (κ2) is 6.83. The van der Waals surface area contributed by atoms with E-state index in [1.54, 1.807) is 12.1 Å². The molecule has 0 saturated carbocycles. The summed E-state index contributed by atoms with van der Waals surface area (Å²) in [6.07, 6.45) is 2.26. The van der Waals surface area contributed by atoms with E-state index >= 15 is 0 Å². The van der Waals surface area contributed by atoms with Crippen molar-refractivity contribution in [2.45, 2.75) is 13.3 Å². The van der Waals surface area contributed by atoms with Crippen molar-refractivity contribution in [2.75, 3.05) is 4.90 Å². The van der Waals surface area contributed by atoms with Gasteiger partial charge in [0.1, 0.15) is 11.5 Å². The molecule has 0 spiro atoms. The van der Waals surface area contributed by atoms with Crippen LogP contribution in [0.15, 0.2) is 52.6 Å². The molecule has 1 saturated heterocycles. The Labute approximate surface area is 153 Å². The third kappa shape index (κ3) is 3.12. The highest BCUT2D eigenvalue weighted by Gasteiger charge is 2.33. The first kappa shape index (κ1) is 16.8. The van der Waals surface area contributed by atoms with Gasteiger partial charge in [0.2, 0.25) is 0 Å². The van der Waals surface area contributed by atoms with Crippen molar-refractivity contribution in [3.63, 3.8) is 0 Å². The van der Waals surface area contributed by atoms with Crippen molar-refractivity contribution >= 4 is 50.9 Å². The summed E-state index contributed by atoms with van der Waals surface area (Å²) in [5.74, 6) is -0.695. The van der Waals surface area contributed by atoms with Crippen molar-refractivity contribution < 1.29 is 9.18 Å². The summed E-state index contributed by atoms with van der Waals surface area (Å²) in [6.45, 7) is 2.02. The van der Waals surface area contributed by atoms with E-state index < -0.39 is 5.82 Å². The summed E-state index contributed by atoms with van der Waals surface area (Å²) in [4.78, 5) is 14.2. The Kier molecular flexibility index (Phi) is 4.78. The molecule has 3 nitrogen and oxygen atoms in total. The number of para-hydroxylation sites is 1. The molecule has 0 aliphatic carbocycles. The zero-order valence-corrected chi connectivity index (χ0v) is 15.2. The van der Waals surface area contributed by atoms with Gasteiger partial charge >= 0.3 is 0 Å². The number of anilines is 1. The van der Waals surface area contributed by atoms with E-state index in [1.807, 2.05) is 31.2 Å². The molecule has 0 aromatic heterocycles. The fourth-order valence-electron chi connectivity index (χ4n) is 2.56. The highest BCUT2D eigenvalue weighted by Crippen LogP contribution is 2.27. The fourth-order valence-corrected chi connectivity index (χ4v) is 3.23. The zero-order chi connectivity index (χ0) is 17.3. The predicted molar refractivity (Wildman–Crippen MR) is 101 cm³/mol. The molecule has 2 aromatic carbocycles. The maximum atomic E-state index is 13.9. The van der Waals surface area contributed by atoms with Crippen LogP contribution >= 0.6 is 28.1 Å². The number of thiocarbonyl (C=S) groups is 1. The minimum Gasteiger partial charge on any atom is -0.327 e. The number of benzene rings is 2. The number of hydrogen-bond acceptors (Lipinski definition) is 2. The summed E-state index contributed by atoms with van der Waals surface area (Å²) >= 11 is 8.61. The van der Waals surface area contributed by atoms with Gasteiger partial charge in [0.05, 0.1) is 5.69 Å². The number of rotatable bonds is 3. The van der Waals surface area contributed by atoms with Crippen molar-refractivity contribution in [3.05, 3.63) is 69.6 Å². The molecule has 0 unspecified atom stereocenters. The normalized spacial score (nSPS) is 16.0. The van der Waals surface area contributed by atoms with Gasteiger partial charge in [-0.3, -0.25) is 9.69 Å². The monoisotopic (exact) mass is 404 g/mol. The first-order valence-corrected chi connectivity index (χ1v) is 8.61. The molecule has 0 bridgehead atoms. The summed E-state index contributed by atoms with van der Waals surface area (Å²) in [7, 11) is 0. The molecule has 1 aliphatic rings. The van der Waals surface area contributed by atoms with Gasteiger partial charge in [0.15, 0.2) is 5.11 Å². The second-order valence-corrected chi connectivity index (χ2v) is 6.58. The molecule has 2 aromatic rings. The molecule has 1 aliphatic heterocycles. The third-order valence-corrected chi connectivity index (χ3v) is 4.53. The van der Waals surface area contributed by atoms with Crippen LogP contribution in [0.1, 0.15) is 18.1 Å². The van der Waals surface area contributed by atoms with Gasteiger partial charge in [-0.2, -0.15) is 0 Å². The summed E-state index contributed by atoms with van der Waals surface area (Å²) < 4.78 is 14.7. The average molecular weight is 405 g/mol. The molecule has 0 atom stereocenters. The molecule has 122 valence electrons.